The van der Waals surface area contributed by atoms with E-state index >= 15 is 0 Å². The molecule has 0 aliphatic carbocycles. The first-order chi connectivity index (χ1) is 9.11. The number of hydrogen-bond donors (Lipinski definition) is 1. The van der Waals surface area contributed by atoms with E-state index in [1.807, 2.05) is 12.1 Å². The van der Waals surface area contributed by atoms with Gasteiger partial charge in [-0.25, -0.2) is 0 Å². The van der Waals surface area contributed by atoms with Crippen LogP contribution in [-0.4, -0.2) is 12.3 Å². The fraction of sp³-hybridized carbons (Fsp3) is 0.133. The summed E-state index contributed by atoms with van der Waals surface area (Å²) in [6.45, 7) is 0.597. The van der Waals surface area contributed by atoms with E-state index in [9.17, 15) is 4.79 Å². The maximum absolute atomic E-state index is 12.3. The summed E-state index contributed by atoms with van der Waals surface area (Å²) in [6, 6.07) is 12.3. The highest BCUT2D eigenvalue weighted by Gasteiger charge is 2.10. The third-order valence-electron chi connectivity index (χ3n) is 2.83. The van der Waals surface area contributed by atoms with Crippen molar-refractivity contribution in [3.05, 3.63) is 69.2 Å². The van der Waals surface area contributed by atoms with Crippen molar-refractivity contribution in [2.45, 2.75) is 6.42 Å². The molecule has 2 N–H and O–H groups in total. The first kappa shape index (κ1) is 14.1. The SMILES string of the molecule is NCCc1ccc(C(=O)c2ccc(Cl)c(Cl)c2)cc1. The van der Waals surface area contributed by atoms with Crippen LogP contribution in [0.1, 0.15) is 21.5 Å². The summed E-state index contributed by atoms with van der Waals surface area (Å²) in [6.07, 6.45) is 0.807. The Balaban J connectivity index is 2.25. The van der Waals surface area contributed by atoms with Gasteiger partial charge in [-0.05, 0) is 36.7 Å². The van der Waals surface area contributed by atoms with E-state index in [2.05, 4.69) is 0 Å². The minimum absolute atomic E-state index is 0.0714. The summed E-state index contributed by atoms with van der Waals surface area (Å²) >= 11 is 11.7. The molecular formula is C15H13Cl2NO. The van der Waals surface area contributed by atoms with Crippen LogP contribution in [-0.2, 0) is 6.42 Å². The van der Waals surface area contributed by atoms with Gasteiger partial charge in [0.1, 0.15) is 0 Å². The molecule has 0 heterocycles. The second-order valence-electron chi connectivity index (χ2n) is 4.19. The highest BCUT2D eigenvalue weighted by atomic mass is 35.5. The van der Waals surface area contributed by atoms with E-state index in [0.717, 1.165) is 12.0 Å². The third-order valence-corrected chi connectivity index (χ3v) is 3.57. The Bertz CT molecular complexity index is 594. The van der Waals surface area contributed by atoms with Crippen LogP contribution in [0.15, 0.2) is 42.5 Å². The Labute approximate surface area is 122 Å². The van der Waals surface area contributed by atoms with E-state index < -0.39 is 0 Å². The molecule has 0 fully saturated rings. The van der Waals surface area contributed by atoms with Crippen molar-refractivity contribution in [3.63, 3.8) is 0 Å². The predicted octanol–water partition coefficient (Wildman–Crippen LogP) is 3.73. The largest absolute Gasteiger partial charge is 0.330 e. The van der Waals surface area contributed by atoms with E-state index in [1.54, 1.807) is 30.3 Å². The molecule has 2 nitrogen and oxygen atoms in total. The second kappa shape index (κ2) is 6.20. The van der Waals surface area contributed by atoms with Gasteiger partial charge in [0.15, 0.2) is 5.78 Å². The van der Waals surface area contributed by atoms with Crippen LogP contribution in [0, 0.1) is 0 Å². The van der Waals surface area contributed by atoms with E-state index in [-0.39, 0.29) is 5.78 Å². The minimum atomic E-state index is -0.0714. The monoisotopic (exact) mass is 293 g/mol. The molecule has 0 amide bonds. The molecule has 2 rings (SSSR count). The van der Waals surface area contributed by atoms with Crippen molar-refractivity contribution in [1.82, 2.24) is 0 Å². The highest BCUT2D eigenvalue weighted by molar-refractivity contribution is 6.42. The van der Waals surface area contributed by atoms with Crippen molar-refractivity contribution >= 4 is 29.0 Å². The second-order valence-corrected chi connectivity index (χ2v) is 5.01. The first-order valence-electron chi connectivity index (χ1n) is 5.90. The Kier molecular flexibility index (Phi) is 4.59. The lowest BCUT2D eigenvalue weighted by Gasteiger charge is -2.04. The van der Waals surface area contributed by atoms with E-state index in [1.165, 1.54) is 0 Å². The fourth-order valence-corrected chi connectivity index (χ4v) is 2.09. The Hall–Kier alpha value is -1.35. The van der Waals surface area contributed by atoms with Crippen LogP contribution in [0.3, 0.4) is 0 Å². The van der Waals surface area contributed by atoms with Crippen molar-refractivity contribution in [2.75, 3.05) is 6.54 Å². The summed E-state index contributed by atoms with van der Waals surface area (Å²) < 4.78 is 0. The third kappa shape index (κ3) is 3.35. The van der Waals surface area contributed by atoms with Gasteiger partial charge in [0.05, 0.1) is 10.0 Å². The number of carbonyl (C=O) groups is 1. The fourth-order valence-electron chi connectivity index (χ4n) is 1.79. The zero-order valence-corrected chi connectivity index (χ0v) is 11.7. The zero-order valence-electron chi connectivity index (χ0n) is 10.2. The molecule has 0 saturated carbocycles. The Morgan fingerprint density at radius 1 is 0.947 bits per heavy atom. The minimum Gasteiger partial charge on any atom is -0.330 e. The number of carbonyl (C=O) groups excluding carboxylic acids is 1. The molecule has 0 aliphatic heterocycles. The number of benzene rings is 2. The van der Waals surface area contributed by atoms with Crippen molar-refractivity contribution in [2.24, 2.45) is 5.73 Å². The topological polar surface area (TPSA) is 43.1 Å². The molecule has 0 spiro atoms. The van der Waals surface area contributed by atoms with Crippen molar-refractivity contribution in [3.8, 4) is 0 Å². The maximum atomic E-state index is 12.3. The van der Waals surface area contributed by atoms with Gasteiger partial charge < -0.3 is 5.73 Å². The van der Waals surface area contributed by atoms with Crippen LogP contribution in [0.5, 0.6) is 0 Å². The van der Waals surface area contributed by atoms with Gasteiger partial charge in [-0.3, -0.25) is 4.79 Å². The average Bonchev–Trinajstić information content (AvgIpc) is 2.42. The molecule has 98 valence electrons. The smallest absolute Gasteiger partial charge is 0.193 e. The zero-order chi connectivity index (χ0) is 13.8. The van der Waals surface area contributed by atoms with E-state index in [0.29, 0.717) is 27.7 Å². The van der Waals surface area contributed by atoms with Crippen LogP contribution in [0.2, 0.25) is 10.0 Å². The molecular weight excluding hydrogens is 281 g/mol. The molecule has 2 aromatic rings. The molecule has 0 aliphatic rings. The number of hydrogen-bond acceptors (Lipinski definition) is 2. The molecule has 0 atom stereocenters. The highest BCUT2D eigenvalue weighted by Crippen LogP contribution is 2.24. The molecule has 0 bridgehead atoms. The van der Waals surface area contributed by atoms with Gasteiger partial charge >= 0.3 is 0 Å². The maximum Gasteiger partial charge on any atom is 0.193 e. The van der Waals surface area contributed by atoms with Gasteiger partial charge in [0.2, 0.25) is 0 Å². The van der Waals surface area contributed by atoms with Crippen LogP contribution in [0.25, 0.3) is 0 Å². The van der Waals surface area contributed by atoms with Gasteiger partial charge in [0, 0.05) is 11.1 Å². The standard InChI is InChI=1S/C15H13Cl2NO/c16-13-6-5-12(9-14(13)17)15(19)11-3-1-10(2-4-11)7-8-18/h1-6,9H,7-8,18H2. The molecule has 2 aromatic carbocycles. The van der Waals surface area contributed by atoms with Gasteiger partial charge in [0.25, 0.3) is 0 Å². The molecule has 4 heteroatoms. The summed E-state index contributed by atoms with van der Waals surface area (Å²) in [4.78, 5) is 12.3. The first-order valence-corrected chi connectivity index (χ1v) is 6.66. The lowest BCUT2D eigenvalue weighted by Crippen LogP contribution is -2.04. The summed E-state index contributed by atoms with van der Waals surface area (Å²) in [7, 11) is 0. The number of rotatable bonds is 4. The van der Waals surface area contributed by atoms with Crippen LogP contribution in [0.4, 0.5) is 0 Å². The number of ketones is 1. The Morgan fingerprint density at radius 3 is 2.16 bits per heavy atom. The Morgan fingerprint density at radius 2 is 1.58 bits per heavy atom. The van der Waals surface area contributed by atoms with Crippen LogP contribution < -0.4 is 5.73 Å². The molecule has 0 radical (unpaired) electrons. The normalized spacial score (nSPS) is 10.5. The van der Waals surface area contributed by atoms with Crippen molar-refractivity contribution in [1.29, 1.82) is 0 Å². The lowest BCUT2D eigenvalue weighted by molar-refractivity contribution is 0.103. The summed E-state index contributed by atoms with van der Waals surface area (Å²) in [5, 5.41) is 0.823. The molecule has 0 aromatic heterocycles. The van der Waals surface area contributed by atoms with E-state index in [4.69, 9.17) is 28.9 Å². The van der Waals surface area contributed by atoms with Gasteiger partial charge in [-0.2, -0.15) is 0 Å². The number of nitrogens with two attached hydrogens (primary N) is 1. The molecule has 19 heavy (non-hydrogen) atoms. The average molecular weight is 294 g/mol. The quantitative estimate of drug-likeness (QED) is 0.873. The number of halogens is 2. The van der Waals surface area contributed by atoms with Gasteiger partial charge in [-0.15, -0.1) is 0 Å². The van der Waals surface area contributed by atoms with Crippen molar-refractivity contribution < 1.29 is 4.79 Å². The predicted molar refractivity (Wildman–Crippen MR) is 79.1 cm³/mol. The van der Waals surface area contributed by atoms with Crippen LogP contribution >= 0.6 is 23.2 Å². The van der Waals surface area contributed by atoms with Gasteiger partial charge in [-0.1, -0.05) is 47.5 Å². The molecule has 0 unspecified atom stereocenters. The lowest BCUT2D eigenvalue weighted by atomic mass is 10.0. The summed E-state index contributed by atoms with van der Waals surface area (Å²) in [5.74, 6) is -0.0714. The summed E-state index contributed by atoms with van der Waals surface area (Å²) in [5.41, 5.74) is 7.76. The molecule has 0 saturated heterocycles.